The Bertz CT molecular complexity index is 220. The molecule has 0 aromatic rings. The van der Waals surface area contributed by atoms with E-state index in [1.165, 1.54) is 5.70 Å². The minimum absolute atomic E-state index is 0.166. The van der Waals surface area contributed by atoms with E-state index in [-0.39, 0.29) is 5.41 Å². The van der Waals surface area contributed by atoms with Crippen LogP contribution < -0.4 is 5.32 Å². The van der Waals surface area contributed by atoms with Crippen LogP contribution in [0, 0.1) is 17.3 Å². The zero-order valence-corrected chi connectivity index (χ0v) is 9.49. The molecular formula is C12H21N. The van der Waals surface area contributed by atoms with Gasteiger partial charge in [-0.1, -0.05) is 33.6 Å². The van der Waals surface area contributed by atoms with E-state index in [9.17, 15) is 0 Å². The molecule has 0 heterocycles. The molecule has 0 saturated carbocycles. The van der Waals surface area contributed by atoms with Crippen molar-refractivity contribution in [3.05, 3.63) is 11.8 Å². The van der Waals surface area contributed by atoms with E-state index in [0.717, 1.165) is 13.0 Å². The molecule has 0 atom stereocenters. The Hall–Kier alpha value is -0.900. The fourth-order valence-corrected chi connectivity index (χ4v) is 0.937. The van der Waals surface area contributed by atoms with Gasteiger partial charge in [0.15, 0.2) is 0 Å². The first-order valence-corrected chi connectivity index (χ1v) is 4.89. The van der Waals surface area contributed by atoms with Crippen molar-refractivity contribution in [2.24, 2.45) is 5.41 Å². The zero-order chi connectivity index (χ0) is 10.3. The van der Waals surface area contributed by atoms with Crippen LogP contribution in [0.3, 0.4) is 0 Å². The van der Waals surface area contributed by atoms with Crippen molar-refractivity contribution in [1.82, 2.24) is 5.32 Å². The SMILES string of the molecule is CC#C/C=C(\NCCC)C(C)(C)C. The lowest BCUT2D eigenvalue weighted by atomic mass is 9.91. The quantitative estimate of drug-likeness (QED) is 0.657. The molecule has 0 bridgehead atoms. The van der Waals surface area contributed by atoms with Gasteiger partial charge >= 0.3 is 0 Å². The molecule has 0 amide bonds. The van der Waals surface area contributed by atoms with Crippen molar-refractivity contribution in [3.8, 4) is 11.8 Å². The minimum Gasteiger partial charge on any atom is -0.387 e. The Kier molecular flexibility index (Phi) is 5.30. The van der Waals surface area contributed by atoms with Crippen LogP contribution in [0.4, 0.5) is 0 Å². The van der Waals surface area contributed by atoms with Crippen molar-refractivity contribution in [3.63, 3.8) is 0 Å². The number of rotatable bonds is 3. The molecule has 0 aromatic heterocycles. The summed E-state index contributed by atoms with van der Waals surface area (Å²) in [5.41, 5.74) is 1.39. The third-order valence-corrected chi connectivity index (χ3v) is 1.73. The number of hydrogen-bond acceptors (Lipinski definition) is 1. The predicted octanol–water partition coefficient (Wildman–Crippen LogP) is 2.94. The fraction of sp³-hybridized carbons (Fsp3) is 0.667. The summed E-state index contributed by atoms with van der Waals surface area (Å²) in [6, 6.07) is 0. The summed E-state index contributed by atoms with van der Waals surface area (Å²) < 4.78 is 0. The zero-order valence-electron chi connectivity index (χ0n) is 9.49. The summed E-state index contributed by atoms with van der Waals surface area (Å²) in [4.78, 5) is 0. The molecule has 0 fully saturated rings. The average molecular weight is 179 g/mol. The number of allylic oxidation sites excluding steroid dienone is 2. The number of hydrogen-bond donors (Lipinski definition) is 1. The van der Waals surface area contributed by atoms with E-state index in [1.54, 1.807) is 0 Å². The van der Waals surface area contributed by atoms with Gasteiger partial charge in [0.2, 0.25) is 0 Å². The molecule has 0 radical (unpaired) electrons. The summed E-state index contributed by atoms with van der Waals surface area (Å²) >= 11 is 0. The van der Waals surface area contributed by atoms with Crippen LogP contribution in [0.15, 0.2) is 11.8 Å². The summed E-state index contributed by atoms with van der Waals surface area (Å²) in [6.07, 6.45) is 3.13. The van der Waals surface area contributed by atoms with Gasteiger partial charge in [-0.2, -0.15) is 0 Å². The Morgan fingerprint density at radius 2 is 2.00 bits per heavy atom. The van der Waals surface area contributed by atoms with Crippen molar-refractivity contribution in [2.75, 3.05) is 6.54 Å². The first-order chi connectivity index (χ1) is 6.02. The Labute approximate surface area is 82.6 Å². The molecule has 0 unspecified atom stereocenters. The standard InChI is InChI=1S/C12H21N/c1-6-8-9-11(12(3,4)5)13-10-7-2/h9,13H,7,10H2,1-5H3/b11-9-. The summed E-state index contributed by atoms with van der Waals surface area (Å²) in [5, 5.41) is 3.40. The normalized spacial score (nSPS) is 11.9. The van der Waals surface area contributed by atoms with Crippen molar-refractivity contribution < 1.29 is 0 Å². The van der Waals surface area contributed by atoms with Crippen molar-refractivity contribution in [2.45, 2.75) is 41.0 Å². The summed E-state index contributed by atoms with van der Waals surface area (Å²) in [7, 11) is 0. The van der Waals surface area contributed by atoms with E-state index in [2.05, 4.69) is 44.9 Å². The lowest BCUT2D eigenvalue weighted by Crippen LogP contribution is -2.24. The molecule has 74 valence electrons. The first-order valence-electron chi connectivity index (χ1n) is 4.89. The molecule has 1 heteroatoms. The van der Waals surface area contributed by atoms with E-state index in [1.807, 2.05) is 13.0 Å². The Balaban J connectivity index is 4.43. The molecule has 1 nitrogen and oxygen atoms in total. The largest absolute Gasteiger partial charge is 0.387 e. The van der Waals surface area contributed by atoms with Crippen LogP contribution in [-0.4, -0.2) is 6.54 Å². The second-order valence-corrected chi connectivity index (χ2v) is 4.13. The Morgan fingerprint density at radius 3 is 2.38 bits per heavy atom. The average Bonchev–Trinajstić information content (AvgIpc) is 2.02. The van der Waals surface area contributed by atoms with Gasteiger partial charge in [-0.15, -0.1) is 5.92 Å². The molecule has 0 aliphatic rings. The van der Waals surface area contributed by atoms with Crippen LogP contribution in [0.5, 0.6) is 0 Å². The van der Waals surface area contributed by atoms with Crippen LogP contribution in [0.2, 0.25) is 0 Å². The Morgan fingerprint density at radius 1 is 1.38 bits per heavy atom. The lowest BCUT2D eigenvalue weighted by molar-refractivity contribution is 0.460. The molecule has 1 N–H and O–H groups in total. The maximum atomic E-state index is 3.40. The van der Waals surface area contributed by atoms with Crippen LogP contribution >= 0.6 is 0 Å². The highest BCUT2D eigenvalue weighted by Gasteiger charge is 2.15. The third kappa shape index (κ3) is 5.36. The van der Waals surface area contributed by atoms with Gasteiger partial charge in [0.25, 0.3) is 0 Å². The van der Waals surface area contributed by atoms with E-state index >= 15 is 0 Å². The van der Waals surface area contributed by atoms with Crippen molar-refractivity contribution >= 4 is 0 Å². The highest BCUT2D eigenvalue weighted by molar-refractivity contribution is 5.23. The predicted molar refractivity (Wildman–Crippen MR) is 59.3 cm³/mol. The van der Waals surface area contributed by atoms with Gasteiger partial charge in [0.1, 0.15) is 0 Å². The molecular weight excluding hydrogens is 158 g/mol. The van der Waals surface area contributed by atoms with Crippen molar-refractivity contribution in [1.29, 1.82) is 0 Å². The van der Waals surface area contributed by atoms with Crippen LogP contribution in [-0.2, 0) is 0 Å². The topological polar surface area (TPSA) is 12.0 Å². The molecule has 0 aliphatic carbocycles. The molecule has 0 aliphatic heterocycles. The maximum Gasteiger partial charge on any atom is 0.0246 e. The van der Waals surface area contributed by atoms with Gasteiger partial charge in [0.05, 0.1) is 0 Å². The molecule has 0 spiro atoms. The third-order valence-electron chi connectivity index (χ3n) is 1.73. The van der Waals surface area contributed by atoms with Gasteiger partial charge in [-0.3, -0.25) is 0 Å². The molecule has 0 saturated heterocycles. The lowest BCUT2D eigenvalue weighted by Gasteiger charge is -2.23. The highest BCUT2D eigenvalue weighted by atomic mass is 14.9. The highest BCUT2D eigenvalue weighted by Crippen LogP contribution is 2.22. The molecule has 0 rings (SSSR count). The second-order valence-electron chi connectivity index (χ2n) is 4.13. The van der Waals surface area contributed by atoms with Crippen LogP contribution in [0.25, 0.3) is 0 Å². The first kappa shape index (κ1) is 12.1. The monoisotopic (exact) mass is 179 g/mol. The van der Waals surface area contributed by atoms with Crippen LogP contribution in [0.1, 0.15) is 41.0 Å². The second kappa shape index (κ2) is 5.70. The minimum atomic E-state index is 0.166. The summed E-state index contributed by atoms with van der Waals surface area (Å²) in [6.45, 7) is 11.6. The molecule has 0 aromatic carbocycles. The summed E-state index contributed by atoms with van der Waals surface area (Å²) in [5.74, 6) is 5.87. The maximum absolute atomic E-state index is 3.40. The number of nitrogens with one attached hydrogen (secondary N) is 1. The fourth-order valence-electron chi connectivity index (χ4n) is 0.937. The van der Waals surface area contributed by atoms with E-state index < -0.39 is 0 Å². The smallest absolute Gasteiger partial charge is 0.0246 e. The van der Waals surface area contributed by atoms with E-state index in [4.69, 9.17) is 0 Å². The van der Waals surface area contributed by atoms with Gasteiger partial charge in [-0.05, 0) is 13.3 Å². The van der Waals surface area contributed by atoms with E-state index in [0.29, 0.717) is 0 Å². The van der Waals surface area contributed by atoms with Gasteiger partial charge < -0.3 is 5.32 Å². The van der Waals surface area contributed by atoms with Gasteiger partial charge in [0, 0.05) is 23.7 Å². The molecule has 13 heavy (non-hydrogen) atoms. The van der Waals surface area contributed by atoms with Gasteiger partial charge in [-0.25, -0.2) is 0 Å².